The predicted molar refractivity (Wildman–Crippen MR) is 162 cm³/mol. The van der Waals surface area contributed by atoms with Crippen molar-refractivity contribution in [3.63, 3.8) is 0 Å². The highest BCUT2D eigenvalue weighted by molar-refractivity contribution is 7.98. The molecule has 0 bridgehead atoms. The Morgan fingerprint density at radius 3 is 1.74 bits per heavy atom. The largest absolute Gasteiger partial charge is 0.480 e. The number of amides is 4. The summed E-state index contributed by atoms with van der Waals surface area (Å²) in [5.41, 5.74) is 16.6. The molecule has 5 atom stereocenters. The second-order valence-electron chi connectivity index (χ2n) is 10.9. The summed E-state index contributed by atoms with van der Waals surface area (Å²) in [6.45, 7) is 6.72. The van der Waals surface area contributed by atoms with E-state index in [0.29, 0.717) is 12.2 Å². The average molecular weight is 619 g/mol. The highest BCUT2D eigenvalue weighted by atomic mass is 32.2. The molecule has 0 aromatic heterocycles. The molecule has 0 fully saturated rings. The number of rotatable bonds is 21. The first-order valence-corrected chi connectivity index (χ1v) is 15.4. The maximum atomic E-state index is 13.4. The Labute approximate surface area is 251 Å². The first-order valence-electron chi connectivity index (χ1n) is 14.0. The van der Waals surface area contributed by atoms with Crippen molar-refractivity contribution in [2.75, 3.05) is 25.2 Å². The lowest BCUT2D eigenvalue weighted by Gasteiger charge is -2.27. The number of aliphatic hydroxyl groups excluding tert-OH is 1. The molecule has 16 heteroatoms. The Kier molecular flexibility index (Phi) is 19.2. The summed E-state index contributed by atoms with van der Waals surface area (Å²) in [6, 6.07) is -5.70. The lowest BCUT2D eigenvalue weighted by molar-refractivity contribution is -0.143. The molecule has 15 nitrogen and oxygen atoms in total. The molecule has 0 unspecified atom stereocenters. The lowest BCUT2D eigenvalue weighted by Crippen LogP contribution is -2.59. The number of carbonyl (C=O) groups is 5. The number of nitrogens with one attached hydrogen (secondary N) is 4. The van der Waals surface area contributed by atoms with Gasteiger partial charge in [-0.2, -0.15) is 11.8 Å². The third-order valence-electron chi connectivity index (χ3n) is 6.03. The third-order valence-corrected chi connectivity index (χ3v) is 6.67. The number of aliphatic carboxylic acids is 1. The quantitative estimate of drug-likeness (QED) is 0.0395. The maximum Gasteiger partial charge on any atom is 0.326 e. The van der Waals surface area contributed by atoms with E-state index in [0.717, 1.165) is 0 Å². The minimum atomic E-state index is -1.38. The van der Waals surface area contributed by atoms with E-state index in [1.165, 1.54) is 11.8 Å². The van der Waals surface area contributed by atoms with Gasteiger partial charge in [0.1, 0.15) is 24.2 Å². The molecule has 242 valence electrons. The van der Waals surface area contributed by atoms with Crippen molar-refractivity contribution in [1.82, 2.24) is 21.3 Å². The Hall–Kier alpha value is -3.11. The second kappa shape index (κ2) is 20.7. The number of aliphatic hydroxyl groups is 1. The molecule has 0 aliphatic rings. The van der Waals surface area contributed by atoms with Crippen molar-refractivity contribution in [1.29, 1.82) is 0 Å². The minimum absolute atomic E-state index is 0.00519. The van der Waals surface area contributed by atoms with Gasteiger partial charge in [0.2, 0.25) is 23.6 Å². The average Bonchev–Trinajstić information content (AvgIpc) is 2.89. The van der Waals surface area contributed by atoms with E-state index in [2.05, 4.69) is 26.3 Å². The van der Waals surface area contributed by atoms with Gasteiger partial charge in [-0.1, -0.05) is 27.7 Å². The molecule has 0 spiro atoms. The first-order chi connectivity index (χ1) is 19.6. The van der Waals surface area contributed by atoms with Gasteiger partial charge in [0, 0.05) is 6.54 Å². The molecule has 0 radical (unpaired) electrons. The summed E-state index contributed by atoms with van der Waals surface area (Å²) >= 11 is 1.50. The van der Waals surface area contributed by atoms with Crippen molar-refractivity contribution in [3.8, 4) is 0 Å². The Balaban J connectivity index is 5.82. The van der Waals surface area contributed by atoms with E-state index >= 15 is 0 Å². The number of carboxylic acid groups (broad SMARTS) is 1. The van der Waals surface area contributed by atoms with E-state index in [9.17, 15) is 34.2 Å². The van der Waals surface area contributed by atoms with Crippen LogP contribution in [0.4, 0.5) is 0 Å². The minimum Gasteiger partial charge on any atom is -0.480 e. The van der Waals surface area contributed by atoms with Crippen molar-refractivity contribution in [2.24, 2.45) is 34.0 Å². The fourth-order valence-electron chi connectivity index (χ4n) is 3.83. The number of nitrogens with two attached hydrogens (primary N) is 3. The maximum absolute atomic E-state index is 13.4. The standard InChI is InChI=1S/C26H50N8O7S/c1-14(2)11-18(23(38)33-19(25(40)41)12-15(3)4)32-22(37)17(7-6-9-30-26(28)29)31-24(39)20(13-35)34-21(36)16(27)8-10-42-5/h14-20,35H,6-13,27H2,1-5H3,(H,31,39)(H,32,37)(H,33,38)(H,34,36)(H,40,41)(H4,28,29,30)/t16-,17-,18-,19-,20-/m0/s1. The molecule has 0 rings (SSSR count). The number of hydrogen-bond donors (Lipinski definition) is 9. The molecule has 4 amide bonds. The van der Waals surface area contributed by atoms with Gasteiger partial charge in [0.25, 0.3) is 0 Å². The number of carbonyl (C=O) groups excluding carboxylic acids is 4. The topological polar surface area (TPSA) is 264 Å². The number of thioether (sulfide) groups is 1. The number of guanidine groups is 1. The van der Waals surface area contributed by atoms with Gasteiger partial charge in [-0.15, -0.1) is 0 Å². The van der Waals surface area contributed by atoms with Gasteiger partial charge in [0.15, 0.2) is 5.96 Å². The van der Waals surface area contributed by atoms with Gasteiger partial charge < -0.3 is 48.7 Å². The van der Waals surface area contributed by atoms with E-state index in [-0.39, 0.29) is 50.0 Å². The smallest absolute Gasteiger partial charge is 0.326 e. The first kappa shape index (κ1) is 38.9. The van der Waals surface area contributed by atoms with Crippen LogP contribution >= 0.6 is 11.8 Å². The molecular formula is C26H50N8O7S. The van der Waals surface area contributed by atoms with Crippen LogP contribution in [0.5, 0.6) is 0 Å². The molecule has 0 aliphatic heterocycles. The van der Waals surface area contributed by atoms with Crippen LogP contribution in [0.25, 0.3) is 0 Å². The molecule has 0 aliphatic carbocycles. The molecule has 0 aromatic rings. The van der Waals surface area contributed by atoms with Crippen molar-refractivity contribution in [2.45, 2.75) is 90.0 Å². The number of hydrogen-bond acceptors (Lipinski definition) is 9. The summed E-state index contributed by atoms with van der Waals surface area (Å²) in [4.78, 5) is 67.4. The SMILES string of the molecule is CSCC[C@H](N)C(=O)N[C@@H](CO)C(=O)N[C@@H](CCCN=C(N)N)C(=O)N[C@@H](CC(C)C)C(=O)N[C@@H](CC(C)C)C(=O)O. The highest BCUT2D eigenvalue weighted by Gasteiger charge is 2.32. The predicted octanol–water partition coefficient (Wildman–Crippen LogP) is -1.77. The third kappa shape index (κ3) is 16.4. The normalized spacial score (nSPS) is 14.7. The summed E-state index contributed by atoms with van der Waals surface area (Å²) in [6.07, 6.45) is 2.93. The van der Waals surface area contributed by atoms with Gasteiger partial charge in [-0.25, -0.2) is 4.79 Å². The monoisotopic (exact) mass is 618 g/mol. The van der Waals surface area contributed by atoms with E-state index in [4.69, 9.17) is 17.2 Å². The molecule has 12 N–H and O–H groups in total. The molecule has 42 heavy (non-hydrogen) atoms. The van der Waals surface area contributed by atoms with Crippen LogP contribution in [0.3, 0.4) is 0 Å². The van der Waals surface area contributed by atoms with Gasteiger partial charge in [-0.05, 0) is 55.9 Å². The fraction of sp³-hybridized carbons (Fsp3) is 0.769. The van der Waals surface area contributed by atoms with Crippen LogP contribution in [0, 0.1) is 11.8 Å². The van der Waals surface area contributed by atoms with Gasteiger partial charge in [-0.3, -0.25) is 24.2 Å². The zero-order valence-electron chi connectivity index (χ0n) is 25.2. The van der Waals surface area contributed by atoms with E-state index in [1.807, 2.05) is 34.0 Å². The highest BCUT2D eigenvalue weighted by Crippen LogP contribution is 2.10. The molecule has 0 saturated carbocycles. The van der Waals surface area contributed by atoms with Crippen LogP contribution in [-0.4, -0.2) is 101 Å². The second-order valence-corrected chi connectivity index (χ2v) is 11.8. The van der Waals surface area contributed by atoms with Crippen molar-refractivity contribution in [3.05, 3.63) is 0 Å². The van der Waals surface area contributed by atoms with Crippen LogP contribution in [0.15, 0.2) is 4.99 Å². The van der Waals surface area contributed by atoms with Crippen LogP contribution in [-0.2, 0) is 24.0 Å². The fourth-order valence-corrected chi connectivity index (χ4v) is 4.32. The lowest BCUT2D eigenvalue weighted by atomic mass is 10.00. The zero-order valence-corrected chi connectivity index (χ0v) is 26.0. The van der Waals surface area contributed by atoms with Crippen LogP contribution in [0.2, 0.25) is 0 Å². The van der Waals surface area contributed by atoms with Crippen LogP contribution < -0.4 is 38.5 Å². The zero-order chi connectivity index (χ0) is 32.4. The Morgan fingerprint density at radius 2 is 1.24 bits per heavy atom. The van der Waals surface area contributed by atoms with Crippen LogP contribution in [0.1, 0.15) is 59.8 Å². The Bertz CT molecular complexity index is 915. The molecular weight excluding hydrogens is 568 g/mol. The van der Waals surface area contributed by atoms with E-state index in [1.54, 1.807) is 0 Å². The number of nitrogens with zero attached hydrogens (tertiary/aromatic N) is 1. The number of carboxylic acids is 1. The summed E-state index contributed by atoms with van der Waals surface area (Å²) in [5.74, 6) is -3.63. The summed E-state index contributed by atoms with van der Waals surface area (Å²) < 4.78 is 0. The molecule has 0 saturated heterocycles. The van der Waals surface area contributed by atoms with Gasteiger partial charge in [0.05, 0.1) is 12.6 Å². The number of aliphatic imine (C=N–C) groups is 1. The summed E-state index contributed by atoms with van der Waals surface area (Å²) in [7, 11) is 0. The van der Waals surface area contributed by atoms with Crippen molar-refractivity contribution >= 4 is 47.3 Å². The Morgan fingerprint density at radius 1 is 0.762 bits per heavy atom. The van der Waals surface area contributed by atoms with E-state index < -0.39 is 66.4 Å². The summed E-state index contributed by atoms with van der Waals surface area (Å²) in [5, 5.41) is 29.3. The molecule has 0 aromatic carbocycles. The van der Waals surface area contributed by atoms with Crippen molar-refractivity contribution < 1.29 is 34.2 Å². The molecule has 0 heterocycles. The van der Waals surface area contributed by atoms with Gasteiger partial charge >= 0.3 is 5.97 Å².